The van der Waals surface area contributed by atoms with Gasteiger partial charge in [-0.25, -0.2) is 0 Å². The Balaban J connectivity index is 1.63. The van der Waals surface area contributed by atoms with Crippen LogP contribution in [0.15, 0.2) is 52.9 Å². The van der Waals surface area contributed by atoms with Crippen molar-refractivity contribution in [2.45, 2.75) is 51.4 Å². The minimum Gasteiger partial charge on any atom is -0.490 e. The molecule has 1 N–H and O–H groups in total. The second kappa shape index (κ2) is 10.8. The predicted molar refractivity (Wildman–Crippen MR) is 148 cm³/mol. The number of nitro benzene ring substituents is 2. The molecule has 0 aromatic heterocycles. The Morgan fingerprint density at radius 3 is 2.13 bits per heavy atom. The molecule has 0 bridgehead atoms. The highest BCUT2D eigenvalue weighted by Crippen LogP contribution is 2.48. The number of ketones is 2. The van der Waals surface area contributed by atoms with Crippen molar-refractivity contribution in [2.24, 2.45) is 0 Å². The fourth-order valence-corrected chi connectivity index (χ4v) is 6.13. The first-order valence-electron chi connectivity index (χ1n) is 12.6. The van der Waals surface area contributed by atoms with Crippen LogP contribution in [0, 0.1) is 23.8 Å². The molecule has 12 heteroatoms. The van der Waals surface area contributed by atoms with Crippen LogP contribution in [-0.4, -0.2) is 28.0 Å². The zero-order valence-electron chi connectivity index (χ0n) is 21.0. The lowest BCUT2D eigenvalue weighted by atomic mass is 9.71. The van der Waals surface area contributed by atoms with Crippen LogP contribution in [0.5, 0.6) is 17.2 Å². The van der Waals surface area contributed by atoms with E-state index < -0.39 is 27.1 Å². The second-order valence-corrected chi connectivity index (χ2v) is 10.6. The van der Waals surface area contributed by atoms with Gasteiger partial charge >= 0.3 is 5.69 Å². The summed E-state index contributed by atoms with van der Waals surface area (Å²) in [6.07, 6.45) is 3.77. The van der Waals surface area contributed by atoms with E-state index in [4.69, 9.17) is 9.47 Å². The molecule has 0 spiro atoms. The minimum absolute atomic E-state index is 0.00785. The molecule has 1 aliphatic heterocycles. The molecule has 0 radical (unpaired) electrons. The van der Waals surface area contributed by atoms with E-state index in [9.17, 15) is 29.8 Å². The normalized spacial score (nSPS) is 17.4. The van der Waals surface area contributed by atoms with Crippen LogP contribution in [0.1, 0.15) is 56.9 Å². The van der Waals surface area contributed by atoms with Gasteiger partial charge in [-0.2, -0.15) is 0 Å². The third kappa shape index (κ3) is 5.00. The first-order valence-corrected chi connectivity index (χ1v) is 13.6. The van der Waals surface area contributed by atoms with Gasteiger partial charge in [0.25, 0.3) is 5.69 Å². The average Bonchev–Trinajstić information content (AvgIpc) is 2.89. The fraction of sp³-hybridized carbons (Fsp3) is 0.333. The van der Waals surface area contributed by atoms with E-state index in [1.807, 2.05) is 22.6 Å². The lowest BCUT2D eigenvalue weighted by Crippen LogP contribution is -2.36. The SMILES string of the molecule is CCOc1cc(C2C3=C(CCCC3=O)NC3=C2C(=O)CCC3)cc(I)c1Oc1ccc([N+](=O)[O-])cc1[N+](=O)[O-]. The van der Waals surface area contributed by atoms with Gasteiger partial charge in [0.05, 0.1) is 26.1 Å². The summed E-state index contributed by atoms with van der Waals surface area (Å²) in [5.74, 6) is -0.241. The number of hydrogen-bond donors (Lipinski definition) is 1. The quantitative estimate of drug-likeness (QED) is 0.217. The Morgan fingerprint density at radius 2 is 1.56 bits per heavy atom. The summed E-state index contributed by atoms with van der Waals surface area (Å²) in [7, 11) is 0. The van der Waals surface area contributed by atoms with Crippen LogP contribution >= 0.6 is 22.6 Å². The molecule has 0 atom stereocenters. The molecule has 11 nitrogen and oxygen atoms in total. The Bertz CT molecular complexity index is 1450. The van der Waals surface area contributed by atoms with Crippen LogP contribution in [-0.2, 0) is 9.59 Å². The molecule has 3 aliphatic rings. The van der Waals surface area contributed by atoms with Gasteiger partial charge in [0, 0.05) is 47.4 Å². The minimum atomic E-state index is -0.746. The van der Waals surface area contributed by atoms with Crippen LogP contribution in [0.4, 0.5) is 11.4 Å². The zero-order chi connectivity index (χ0) is 27.8. The molecule has 0 saturated carbocycles. The summed E-state index contributed by atoms with van der Waals surface area (Å²) < 4.78 is 12.4. The van der Waals surface area contributed by atoms with Crippen molar-refractivity contribution < 1.29 is 28.9 Å². The van der Waals surface area contributed by atoms with Gasteiger partial charge in [-0.3, -0.25) is 29.8 Å². The Kier molecular flexibility index (Phi) is 7.38. The Morgan fingerprint density at radius 1 is 0.923 bits per heavy atom. The van der Waals surface area contributed by atoms with Crippen molar-refractivity contribution in [1.29, 1.82) is 0 Å². The fourth-order valence-electron chi connectivity index (χ4n) is 5.39. The number of carbonyl (C=O) groups is 2. The standard InChI is InChI=1S/C27H24IN3O8/c1-2-38-23-12-14(11-16(28)27(23)39-22-10-9-15(30(34)35)13-19(22)31(36)37)24-25-17(5-3-7-20(25)32)29-18-6-4-8-21(33)26(18)24/h9-13,24,29H,2-8H2,1H3. The number of rotatable bonds is 7. The number of carbonyl (C=O) groups excluding carboxylic acids is 2. The number of allylic oxidation sites excluding steroid dienone is 4. The van der Waals surface area contributed by atoms with E-state index >= 15 is 0 Å². The van der Waals surface area contributed by atoms with Crippen LogP contribution in [0.3, 0.4) is 0 Å². The molecule has 1 heterocycles. The maximum Gasteiger partial charge on any atom is 0.318 e. The van der Waals surface area contributed by atoms with Crippen LogP contribution in [0.25, 0.3) is 0 Å². The first-order chi connectivity index (χ1) is 18.7. The molecule has 0 fully saturated rings. The lowest BCUT2D eigenvalue weighted by molar-refractivity contribution is -0.394. The zero-order valence-corrected chi connectivity index (χ0v) is 23.1. The van der Waals surface area contributed by atoms with Gasteiger partial charge in [0.2, 0.25) is 5.75 Å². The topological polar surface area (TPSA) is 151 Å². The number of nitro groups is 2. The monoisotopic (exact) mass is 645 g/mol. The molecular weight excluding hydrogens is 621 g/mol. The Labute approximate surface area is 236 Å². The number of benzene rings is 2. The van der Waals surface area contributed by atoms with Crippen molar-refractivity contribution in [3.8, 4) is 17.2 Å². The van der Waals surface area contributed by atoms with E-state index in [1.165, 1.54) is 6.07 Å². The number of halogens is 1. The van der Waals surface area contributed by atoms with Crippen molar-refractivity contribution >= 4 is 45.5 Å². The molecule has 202 valence electrons. The molecule has 39 heavy (non-hydrogen) atoms. The van der Waals surface area contributed by atoms with Gasteiger partial charge in [-0.1, -0.05) is 0 Å². The largest absolute Gasteiger partial charge is 0.490 e. The van der Waals surface area contributed by atoms with Gasteiger partial charge in [-0.05, 0) is 79.0 Å². The Hall–Kier alpha value is -3.81. The summed E-state index contributed by atoms with van der Waals surface area (Å²) in [5, 5.41) is 26.2. The van der Waals surface area contributed by atoms with E-state index in [2.05, 4.69) is 5.32 Å². The third-order valence-corrected chi connectivity index (χ3v) is 7.82. The third-order valence-electron chi connectivity index (χ3n) is 7.02. The summed E-state index contributed by atoms with van der Waals surface area (Å²) in [4.78, 5) is 47.7. The van der Waals surface area contributed by atoms with E-state index in [0.717, 1.165) is 49.2 Å². The number of nitrogens with one attached hydrogen (secondary N) is 1. The highest BCUT2D eigenvalue weighted by molar-refractivity contribution is 14.1. The van der Waals surface area contributed by atoms with Crippen molar-refractivity contribution in [3.05, 3.63) is 82.2 Å². The molecule has 0 amide bonds. The smallest absolute Gasteiger partial charge is 0.318 e. The van der Waals surface area contributed by atoms with Crippen molar-refractivity contribution in [2.75, 3.05) is 6.61 Å². The number of Topliss-reactive ketones (excluding diaryl/α,β-unsaturated/α-hetero) is 2. The number of non-ortho nitro benzene ring substituents is 1. The number of dihydropyridines is 1. The molecular formula is C27H24IN3O8. The van der Waals surface area contributed by atoms with Gasteiger partial charge in [-0.15, -0.1) is 0 Å². The van der Waals surface area contributed by atoms with Crippen LogP contribution in [0.2, 0.25) is 0 Å². The molecule has 5 rings (SSSR count). The summed E-state index contributed by atoms with van der Waals surface area (Å²) >= 11 is 2.03. The predicted octanol–water partition coefficient (Wildman–Crippen LogP) is 6.00. The molecule has 2 aromatic carbocycles. The van der Waals surface area contributed by atoms with E-state index in [0.29, 0.717) is 33.1 Å². The highest BCUT2D eigenvalue weighted by atomic mass is 127. The van der Waals surface area contributed by atoms with E-state index in [-0.39, 0.29) is 35.4 Å². The average molecular weight is 645 g/mol. The molecule has 2 aromatic rings. The first kappa shape index (κ1) is 26.8. The van der Waals surface area contributed by atoms with E-state index in [1.54, 1.807) is 19.1 Å². The number of ether oxygens (including phenoxy) is 2. The molecule has 0 unspecified atom stereocenters. The van der Waals surface area contributed by atoms with Crippen molar-refractivity contribution in [1.82, 2.24) is 5.32 Å². The number of nitrogens with zero attached hydrogens (tertiary/aromatic N) is 2. The molecule has 2 aliphatic carbocycles. The lowest BCUT2D eigenvalue weighted by Gasteiger charge is -2.37. The maximum absolute atomic E-state index is 13.2. The van der Waals surface area contributed by atoms with Crippen molar-refractivity contribution in [3.63, 3.8) is 0 Å². The summed E-state index contributed by atoms with van der Waals surface area (Å²) in [6, 6.07) is 6.66. The van der Waals surface area contributed by atoms with Gasteiger partial charge in [0.1, 0.15) is 0 Å². The summed E-state index contributed by atoms with van der Waals surface area (Å²) in [6.45, 7) is 2.03. The highest BCUT2D eigenvalue weighted by Gasteiger charge is 2.40. The van der Waals surface area contributed by atoms with Gasteiger partial charge in [0.15, 0.2) is 23.1 Å². The van der Waals surface area contributed by atoms with Crippen LogP contribution < -0.4 is 14.8 Å². The second-order valence-electron chi connectivity index (χ2n) is 9.43. The molecule has 0 saturated heterocycles. The summed E-state index contributed by atoms with van der Waals surface area (Å²) in [5.41, 5.74) is 2.63. The maximum atomic E-state index is 13.2. The number of hydrogen-bond acceptors (Lipinski definition) is 9. The van der Waals surface area contributed by atoms with Gasteiger partial charge < -0.3 is 14.8 Å².